The zero-order valence-corrected chi connectivity index (χ0v) is 15.5. The van der Waals surface area contributed by atoms with Crippen molar-refractivity contribution in [1.82, 2.24) is 4.31 Å². The predicted molar refractivity (Wildman–Crippen MR) is 94.3 cm³/mol. The summed E-state index contributed by atoms with van der Waals surface area (Å²) in [6.45, 7) is 2.39. The second-order valence-electron chi connectivity index (χ2n) is 5.57. The molecule has 1 aliphatic rings. The van der Waals surface area contributed by atoms with Gasteiger partial charge in [0, 0.05) is 28.7 Å². The Labute approximate surface area is 148 Å². The molecule has 1 aliphatic heterocycles. The summed E-state index contributed by atoms with van der Waals surface area (Å²) in [5.74, 6) is -0.101. The fourth-order valence-corrected chi connectivity index (χ4v) is 5.23. The summed E-state index contributed by atoms with van der Waals surface area (Å²) in [6, 6.07) is 4.55. The molecule has 8 heteroatoms. The predicted octanol–water partition coefficient (Wildman–Crippen LogP) is 3.45. The highest BCUT2D eigenvalue weighted by atomic mass is 35.5. The third-order valence-electron chi connectivity index (χ3n) is 3.73. The molecular formula is C14H21Cl3N2O2S. The average Bonchev–Trinajstić information content (AvgIpc) is 2.36. The highest BCUT2D eigenvalue weighted by Crippen LogP contribution is 2.26. The van der Waals surface area contributed by atoms with Crippen molar-refractivity contribution in [2.75, 3.05) is 6.54 Å². The van der Waals surface area contributed by atoms with Crippen LogP contribution in [0.15, 0.2) is 18.2 Å². The molecule has 4 nitrogen and oxygen atoms in total. The maximum atomic E-state index is 12.7. The summed E-state index contributed by atoms with van der Waals surface area (Å²) in [6.07, 6.45) is 2.70. The molecule has 22 heavy (non-hydrogen) atoms. The monoisotopic (exact) mass is 386 g/mol. The fraction of sp³-hybridized carbons (Fsp3) is 0.571. The van der Waals surface area contributed by atoms with E-state index in [2.05, 4.69) is 0 Å². The summed E-state index contributed by atoms with van der Waals surface area (Å²) in [7, 11) is -3.43. The van der Waals surface area contributed by atoms with Crippen molar-refractivity contribution in [3.05, 3.63) is 33.8 Å². The molecule has 0 amide bonds. The number of nitrogens with two attached hydrogens (primary N) is 1. The van der Waals surface area contributed by atoms with E-state index in [0.29, 0.717) is 22.2 Å². The van der Waals surface area contributed by atoms with Crippen LogP contribution >= 0.6 is 35.6 Å². The van der Waals surface area contributed by atoms with E-state index in [0.717, 1.165) is 19.3 Å². The molecule has 126 valence electrons. The number of hydrogen-bond acceptors (Lipinski definition) is 3. The van der Waals surface area contributed by atoms with Crippen LogP contribution in [0.2, 0.25) is 10.0 Å². The minimum Gasteiger partial charge on any atom is -0.326 e. The maximum absolute atomic E-state index is 12.7. The molecule has 0 saturated carbocycles. The summed E-state index contributed by atoms with van der Waals surface area (Å²) < 4.78 is 26.9. The summed E-state index contributed by atoms with van der Waals surface area (Å²) in [5, 5.41) is 0.880. The Balaban J connectivity index is 0.00000242. The highest BCUT2D eigenvalue weighted by molar-refractivity contribution is 7.88. The number of sulfonamides is 1. The Morgan fingerprint density at radius 3 is 2.41 bits per heavy atom. The molecule has 1 fully saturated rings. The number of benzene rings is 1. The van der Waals surface area contributed by atoms with Gasteiger partial charge in [0.2, 0.25) is 10.0 Å². The second-order valence-corrected chi connectivity index (χ2v) is 8.36. The van der Waals surface area contributed by atoms with E-state index in [1.807, 2.05) is 6.92 Å². The van der Waals surface area contributed by atoms with E-state index in [4.69, 9.17) is 28.9 Å². The van der Waals surface area contributed by atoms with Gasteiger partial charge in [-0.3, -0.25) is 0 Å². The van der Waals surface area contributed by atoms with Crippen molar-refractivity contribution in [3.8, 4) is 0 Å². The summed E-state index contributed by atoms with van der Waals surface area (Å²) >= 11 is 11.9. The minimum atomic E-state index is -3.43. The van der Waals surface area contributed by atoms with Crippen molar-refractivity contribution >= 4 is 45.6 Å². The van der Waals surface area contributed by atoms with Gasteiger partial charge in [-0.2, -0.15) is 4.31 Å². The lowest BCUT2D eigenvalue weighted by Crippen LogP contribution is -2.51. The van der Waals surface area contributed by atoms with Gasteiger partial charge < -0.3 is 5.73 Å². The summed E-state index contributed by atoms with van der Waals surface area (Å²) in [5.41, 5.74) is 6.55. The van der Waals surface area contributed by atoms with Gasteiger partial charge >= 0.3 is 0 Å². The molecule has 0 radical (unpaired) electrons. The van der Waals surface area contributed by atoms with E-state index >= 15 is 0 Å². The van der Waals surface area contributed by atoms with Crippen LogP contribution in [-0.4, -0.2) is 31.4 Å². The van der Waals surface area contributed by atoms with E-state index in [1.165, 1.54) is 0 Å². The van der Waals surface area contributed by atoms with E-state index in [9.17, 15) is 8.42 Å². The molecule has 2 N–H and O–H groups in total. The van der Waals surface area contributed by atoms with Crippen molar-refractivity contribution < 1.29 is 8.42 Å². The largest absolute Gasteiger partial charge is 0.326 e. The Bertz CT molecular complexity index is 588. The first-order valence-corrected chi connectivity index (χ1v) is 9.36. The Hall–Kier alpha value is -0.0400. The first kappa shape index (κ1) is 20.0. The molecule has 2 rings (SSSR count). The Morgan fingerprint density at radius 2 is 1.86 bits per heavy atom. The number of piperidine rings is 1. The van der Waals surface area contributed by atoms with E-state index < -0.39 is 10.0 Å². The summed E-state index contributed by atoms with van der Waals surface area (Å²) in [4.78, 5) is 0. The normalized spacial score (nSPS) is 21.2. The van der Waals surface area contributed by atoms with Crippen LogP contribution in [0, 0.1) is 0 Å². The van der Waals surface area contributed by atoms with Crippen LogP contribution in [0.1, 0.15) is 31.7 Å². The van der Waals surface area contributed by atoms with E-state index in [-0.39, 0.29) is 30.2 Å². The minimum absolute atomic E-state index is 0. The van der Waals surface area contributed by atoms with Crippen LogP contribution < -0.4 is 5.73 Å². The molecule has 0 aromatic heterocycles. The fourth-order valence-electron chi connectivity index (χ4n) is 2.79. The van der Waals surface area contributed by atoms with Crippen LogP contribution in [-0.2, 0) is 15.8 Å². The van der Waals surface area contributed by atoms with Crippen molar-refractivity contribution in [1.29, 1.82) is 0 Å². The third-order valence-corrected chi connectivity index (χ3v) is 6.04. The van der Waals surface area contributed by atoms with Gasteiger partial charge in [-0.25, -0.2) is 8.42 Å². The van der Waals surface area contributed by atoms with E-state index in [1.54, 1.807) is 22.5 Å². The van der Waals surface area contributed by atoms with Crippen LogP contribution in [0.25, 0.3) is 0 Å². The van der Waals surface area contributed by atoms with Gasteiger partial charge in [0.15, 0.2) is 0 Å². The molecule has 2 unspecified atom stereocenters. The van der Waals surface area contributed by atoms with Crippen molar-refractivity contribution in [2.45, 2.75) is 44.0 Å². The first-order chi connectivity index (χ1) is 9.79. The standard InChI is InChI=1S/C14H20Cl2N2O2S.ClH/c1-10(17)14-4-2-3-5-18(14)21(19,20)9-11-6-12(15)8-13(16)7-11;/h6-8,10,14H,2-5,9,17H2,1H3;1H. The topological polar surface area (TPSA) is 63.4 Å². The molecule has 1 saturated heterocycles. The quantitative estimate of drug-likeness (QED) is 0.860. The molecule has 1 heterocycles. The second kappa shape index (κ2) is 8.18. The number of halogens is 3. The van der Waals surface area contributed by atoms with Crippen molar-refractivity contribution in [3.63, 3.8) is 0 Å². The lowest BCUT2D eigenvalue weighted by molar-refractivity contribution is 0.227. The van der Waals surface area contributed by atoms with Gasteiger partial charge in [0.05, 0.1) is 5.75 Å². The molecule has 2 atom stereocenters. The number of hydrogen-bond donors (Lipinski definition) is 1. The van der Waals surface area contributed by atoms with Gasteiger partial charge in [-0.05, 0) is 43.5 Å². The highest BCUT2D eigenvalue weighted by Gasteiger charge is 2.34. The first-order valence-electron chi connectivity index (χ1n) is 6.99. The van der Waals surface area contributed by atoms with Crippen LogP contribution in [0.4, 0.5) is 0 Å². The zero-order chi connectivity index (χ0) is 15.6. The van der Waals surface area contributed by atoms with Crippen LogP contribution in [0.3, 0.4) is 0 Å². The maximum Gasteiger partial charge on any atom is 0.218 e. The average molecular weight is 388 g/mol. The zero-order valence-electron chi connectivity index (χ0n) is 12.3. The molecule has 1 aromatic rings. The van der Waals surface area contributed by atoms with Crippen LogP contribution in [0.5, 0.6) is 0 Å². The SMILES string of the molecule is CC(N)C1CCCCN1S(=O)(=O)Cc1cc(Cl)cc(Cl)c1.Cl. The van der Waals surface area contributed by atoms with Gasteiger partial charge in [-0.15, -0.1) is 12.4 Å². The van der Waals surface area contributed by atoms with Crippen molar-refractivity contribution in [2.24, 2.45) is 5.73 Å². The molecule has 1 aromatic carbocycles. The molecule has 0 aliphatic carbocycles. The molecular weight excluding hydrogens is 367 g/mol. The third kappa shape index (κ3) is 4.98. The Morgan fingerprint density at radius 1 is 1.27 bits per heavy atom. The number of rotatable bonds is 4. The molecule has 0 bridgehead atoms. The molecule has 0 spiro atoms. The number of nitrogens with zero attached hydrogens (tertiary/aromatic N) is 1. The smallest absolute Gasteiger partial charge is 0.218 e. The Kier molecular flexibility index (Phi) is 7.43. The van der Waals surface area contributed by atoms with Gasteiger partial charge in [0.1, 0.15) is 0 Å². The van der Waals surface area contributed by atoms with Gasteiger partial charge in [0.25, 0.3) is 0 Å². The van der Waals surface area contributed by atoms with Gasteiger partial charge in [-0.1, -0.05) is 29.6 Å². The lowest BCUT2D eigenvalue weighted by atomic mass is 10.00. The lowest BCUT2D eigenvalue weighted by Gasteiger charge is -2.37.